The molecule has 2 aromatic heterocycles. The Hall–Kier alpha value is -6.68. The minimum atomic E-state index is 0.876. The third kappa shape index (κ3) is 4.86. The number of benzene rings is 9. The number of thiophene rings is 1. The van der Waals surface area contributed by atoms with Gasteiger partial charge >= 0.3 is 0 Å². The highest BCUT2D eigenvalue weighted by Gasteiger charge is 2.17. The first-order chi connectivity index (χ1) is 26.3. The van der Waals surface area contributed by atoms with Crippen LogP contribution in [0.1, 0.15) is 0 Å². The fourth-order valence-electron chi connectivity index (χ4n) is 8.15. The van der Waals surface area contributed by atoms with Gasteiger partial charge in [-0.25, -0.2) is 0 Å². The second-order valence-electron chi connectivity index (χ2n) is 13.7. The van der Waals surface area contributed by atoms with Gasteiger partial charge in [0.25, 0.3) is 0 Å². The van der Waals surface area contributed by atoms with Crippen molar-refractivity contribution in [1.29, 1.82) is 0 Å². The molecule has 0 saturated carbocycles. The van der Waals surface area contributed by atoms with Crippen molar-refractivity contribution < 1.29 is 4.42 Å². The van der Waals surface area contributed by atoms with E-state index < -0.39 is 0 Å². The first kappa shape index (κ1) is 30.0. The van der Waals surface area contributed by atoms with Crippen LogP contribution in [0.25, 0.3) is 85.9 Å². The molecular weight excluding hydrogens is 663 g/mol. The van der Waals surface area contributed by atoms with E-state index >= 15 is 0 Å². The first-order valence-electron chi connectivity index (χ1n) is 18.0. The smallest absolute Gasteiger partial charge is 0.137 e. The average molecular weight is 694 g/mol. The Balaban J connectivity index is 1.03. The predicted molar refractivity (Wildman–Crippen MR) is 227 cm³/mol. The number of anilines is 3. The minimum absolute atomic E-state index is 0.876. The second-order valence-corrected chi connectivity index (χ2v) is 14.7. The molecule has 0 bridgehead atoms. The lowest BCUT2D eigenvalue weighted by Gasteiger charge is -2.26. The molecule has 0 fully saturated rings. The number of fused-ring (bicyclic) bond motifs is 9. The maximum atomic E-state index is 6.37. The Morgan fingerprint density at radius 2 is 0.887 bits per heavy atom. The molecule has 2 nitrogen and oxygen atoms in total. The van der Waals surface area contributed by atoms with Crippen LogP contribution in [0.2, 0.25) is 0 Å². The van der Waals surface area contributed by atoms with Crippen molar-refractivity contribution in [3.8, 4) is 22.3 Å². The van der Waals surface area contributed by atoms with Crippen molar-refractivity contribution in [2.24, 2.45) is 0 Å². The number of nitrogens with zero attached hydrogens (tertiary/aromatic N) is 1. The van der Waals surface area contributed by atoms with Crippen molar-refractivity contribution in [2.75, 3.05) is 4.90 Å². The highest BCUT2D eigenvalue weighted by Crippen LogP contribution is 2.43. The van der Waals surface area contributed by atoms with E-state index in [0.717, 1.165) is 39.0 Å². The molecule has 0 unspecified atom stereocenters. The molecule has 0 aliphatic rings. The van der Waals surface area contributed by atoms with Gasteiger partial charge in [0.15, 0.2) is 0 Å². The summed E-state index contributed by atoms with van der Waals surface area (Å²) in [5.74, 6) is 0. The van der Waals surface area contributed by atoms with Crippen molar-refractivity contribution in [3.05, 3.63) is 188 Å². The van der Waals surface area contributed by atoms with Crippen LogP contribution in [0, 0.1) is 0 Å². The van der Waals surface area contributed by atoms with E-state index in [1.165, 1.54) is 64.0 Å². The molecular formula is C50H31NOS. The van der Waals surface area contributed by atoms with Crippen LogP contribution in [0.15, 0.2) is 192 Å². The highest BCUT2D eigenvalue weighted by molar-refractivity contribution is 7.26. The topological polar surface area (TPSA) is 16.4 Å². The fraction of sp³-hybridized carbons (Fsp3) is 0. The zero-order chi connectivity index (χ0) is 34.9. The van der Waals surface area contributed by atoms with Crippen LogP contribution in [0.5, 0.6) is 0 Å². The van der Waals surface area contributed by atoms with E-state index in [4.69, 9.17) is 4.42 Å². The van der Waals surface area contributed by atoms with Crippen molar-refractivity contribution >= 4 is 92.1 Å². The van der Waals surface area contributed by atoms with E-state index in [1.807, 2.05) is 23.5 Å². The zero-order valence-corrected chi connectivity index (χ0v) is 29.5. The van der Waals surface area contributed by atoms with Gasteiger partial charge in [0.2, 0.25) is 0 Å². The fourth-order valence-corrected chi connectivity index (χ4v) is 9.38. The highest BCUT2D eigenvalue weighted by atomic mass is 32.1. The molecule has 9 aromatic carbocycles. The quantitative estimate of drug-likeness (QED) is 0.178. The summed E-state index contributed by atoms with van der Waals surface area (Å²) in [6.07, 6.45) is 0. The van der Waals surface area contributed by atoms with Crippen LogP contribution in [-0.2, 0) is 0 Å². The molecule has 0 aliphatic carbocycles. The maximum Gasteiger partial charge on any atom is 0.137 e. The summed E-state index contributed by atoms with van der Waals surface area (Å²) in [4.78, 5) is 2.33. The Bertz CT molecular complexity index is 3160. The Kier molecular flexibility index (Phi) is 6.76. The number of para-hydroxylation sites is 1. The van der Waals surface area contributed by atoms with Crippen LogP contribution in [0.4, 0.5) is 17.1 Å². The average Bonchev–Trinajstić information content (AvgIpc) is 3.80. The van der Waals surface area contributed by atoms with Crippen LogP contribution in [0.3, 0.4) is 0 Å². The van der Waals surface area contributed by atoms with E-state index in [1.54, 1.807) is 0 Å². The summed E-state index contributed by atoms with van der Waals surface area (Å²) in [6, 6.07) is 67.9. The summed E-state index contributed by atoms with van der Waals surface area (Å²) in [5.41, 5.74) is 9.83. The van der Waals surface area contributed by atoms with Gasteiger partial charge in [-0.15, -0.1) is 11.3 Å². The summed E-state index contributed by atoms with van der Waals surface area (Å²) in [7, 11) is 0. The normalized spacial score (nSPS) is 11.8. The van der Waals surface area contributed by atoms with E-state index in [0.29, 0.717) is 0 Å². The van der Waals surface area contributed by atoms with Crippen LogP contribution in [-0.4, -0.2) is 0 Å². The van der Waals surface area contributed by atoms with Gasteiger partial charge in [-0.2, -0.15) is 0 Å². The maximum absolute atomic E-state index is 6.37. The molecule has 3 heteroatoms. The van der Waals surface area contributed by atoms with E-state index in [9.17, 15) is 0 Å². The second kappa shape index (κ2) is 11.9. The molecule has 11 rings (SSSR count). The Morgan fingerprint density at radius 1 is 0.358 bits per heavy atom. The molecule has 0 atom stereocenters. The molecule has 0 radical (unpaired) electrons. The first-order valence-corrected chi connectivity index (χ1v) is 18.8. The molecule has 2 heterocycles. The molecule has 248 valence electrons. The van der Waals surface area contributed by atoms with Crippen molar-refractivity contribution in [1.82, 2.24) is 0 Å². The minimum Gasteiger partial charge on any atom is -0.456 e. The standard InChI is InChI=1S/C50H31NOS/c1-2-11-38-32(9-1)10-7-14-39(38)33-19-23-35(24-20-33)51(37-27-28-43-42-12-3-5-17-47(42)52-48(43)31-37)36-25-21-34(22-26-36)40-15-8-16-45-41(40)29-30-46-44-13-4-6-18-49(44)53-50(45)46/h1-31H. The van der Waals surface area contributed by atoms with E-state index in [2.05, 4.69) is 181 Å². The van der Waals surface area contributed by atoms with Crippen LogP contribution < -0.4 is 4.90 Å². The lowest BCUT2D eigenvalue weighted by molar-refractivity contribution is 0.669. The summed E-state index contributed by atoms with van der Waals surface area (Å²) in [5, 5.41) is 9.99. The number of furan rings is 1. The predicted octanol–water partition coefficient (Wildman–Crippen LogP) is 15.1. The summed E-state index contributed by atoms with van der Waals surface area (Å²) < 4.78 is 9.05. The molecule has 0 amide bonds. The summed E-state index contributed by atoms with van der Waals surface area (Å²) >= 11 is 1.88. The Morgan fingerprint density at radius 3 is 1.68 bits per heavy atom. The lowest BCUT2D eigenvalue weighted by atomic mass is 9.96. The van der Waals surface area contributed by atoms with Gasteiger partial charge < -0.3 is 9.32 Å². The number of rotatable bonds is 5. The third-order valence-corrected chi connectivity index (χ3v) is 11.9. The van der Waals surface area contributed by atoms with Crippen molar-refractivity contribution in [2.45, 2.75) is 0 Å². The monoisotopic (exact) mass is 693 g/mol. The van der Waals surface area contributed by atoms with Gasteiger partial charge in [-0.1, -0.05) is 133 Å². The number of hydrogen-bond acceptors (Lipinski definition) is 3. The largest absolute Gasteiger partial charge is 0.456 e. The summed E-state index contributed by atoms with van der Waals surface area (Å²) in [6.45, 7) is 0. The van der Waals surface area contributed by atoms with Gasteiger partial charge in [0, 0.05) is 59.5 Å². The third-order valence-electron chi connectivity index (χ3n) is 10.7. The van der Waals surface area contributed by atoms with Gasteiger partial charge in [-0.05, 0) is 86.9 Å². The molecule has 0 aliphatic heterocycles. The van der Waals surface area contributed by atoms with Crippen LogP contribution >= 0.6 is 11.3 Å². The zero-order valence-electron chi connectivity index (χ0n) is 28.7. The van der Waals surface area contributed by atoms with Gasteiger partial charge in [-0.3, -0.25) is 0 Å². The number of hydrogen-bond donors (Lipinski definition) is 0. The van der Waals surface area contributed by atoms with E-state index in [-0.39, 0.29) is 0 Å². The molecule has 0 saturated heterocycles. The Labute approximate surface area is 310 Å². The van der Waals surface area contributed by atoms with Gasteiger partial charge in [0.05, 0.1) is 0 Å². The lowest BCUT2D eigenvalue weighted by Crippen LogP contribution is -2.09. The molecule has 0 N–H and O–H groups in total. The van der Waals surface area contributed by atoms with Crippen molar-refractivity contribution in [3.63, 3.8) is 0 Å². The van der Waals surface area contributed by atoms with Gasteiger partial charge in [0.1, 0.15) is 11.2 Å². The molecule has 53 heavy (non-hydrogen) atoms. The molecule has 11 aromatic rings. The molecule has 0 spiro atoms. The SMILES string of the molecule is c1ccc2c(-c3ccc(N(c4ccc(-c5cccc6c5ccc5c7ccccc7sc65)cc4)c4ccc5c(c4)oc4ccccc45)cc3)cccc2c1.